The van der Waals surface area contributed by atoms with Crippen molar-refractivity contribution in [1.82, 2.24) is 10.2 Å². The largest absolute Gasteiger partial charge is 0.380 e. The van der Waals surface area contributed by atoms with Gasteiger partial charge in [-0.2, -0.15) is 0 Å². The third-order valence-corrected chi connectivity index (χ3v) is 4.84. The molecule has 1 saturated heterocycles. The maximum absolute atomic E-state index is 5.67. The van der Waals surface area contributed by atoms with Crippen LogP contribution in [-0.2, 0) is 4.74 Å². The predicted molar refractivity (Wildman–Crippen MR) is 69.1 cm³/mol. The van der Waals surface area contributed by atoms with Crippen LogP contribution in [0.4, 0.5) is 0 Å². The molecule has 3 heteroatoms. The van der Waals surface area contributed by atoms with Crippen molar-refractivity contribution in [3.63, 3.8) is 0 Å². The molecule has 3 atom stereocenters. The van der Waals surface area contributed by atoms with E-state index in [2.05, 4.69) is 10.2 Å². The van der Waals surface area contributed by atoms with Crippen molar-refractivity contribution in [2.24, 2.45) is 5.92 Å². The maximum Gasteiger partial charge on any atom is 0.0726 e. The summed E-state index contributed by atoms with van der Waals surface area (Å²) < 4.78 is 5.67. The number of methoxy groups -OCH3 is 1. The van der Waals surface area contributed by atoms with Gasteiger partial charge >= 0.3 is 0 Å². The molecule has 3 rings (SSSR count). The van der Waals surface area contributed by atoms with Crippen molar-refractivity contribution in [3.05, 3.63) is 0 Å². The standard InChI is InChI=1S/C14H26N2O/c1-17-14-5-2-4-13(14)16-9-3-8-15-12(10-16)11-6-7-11/h11-15H,2-10H2,1H3. The summed E-state index contributed by atoms with van der Waals surface area (Å²) in [5.41, 5.74) is 0. The highest BCUT2D eigenvalue weighted by atomic mass is 16.5. The first kappa shape index (κ1) is 11.9. The molecular weight excluding hydrogens is 212 g/mol. The van der Waals surface area contributed by atoms with Crippen LogP contribution in [0.5, 0.6) is 0 Å². The van der Waals surface area contributed by atoms with Gasteiger partial charge in [-0.25, -0.2) is 0 Å². The van der Waals surface area contributed by atoms with Crippen LogP contribution < -0.4 is 5.32 Å². The average molecular weight is 238 g/mol. The van der Waals surface area contributed by atoms with Crippen LogP contribution in [-0.4, -0.2) is 49.8 Å². The number of hydrogen-bond donors (Lipinski definition) is 1. The fourth-order valence-corrected chi connectivity index (χ4v) is 3.69. The fourth-order valence-electron chi connectivity index (χ4n) is 3.69. The summed E-state index contributed by atoms with van der Waals surface area (Å²) in [5, 5.41) is 3.75. The summed E-state index contributed by atoms with van der Waals surface area (Å²) in [6.45, 7) is 3.73. The molecule has 0 bridgehead atoms. The normalized spacial score (nSPS) is 40.4. The third-order valence-electron chi connectivity index (χ3n) is 4.84. The van der Waals surface area contributed by atoms with Gasteiger partial charge < -0.3 is 10.1 Å². The van der Waals surface area contributed by atoms with Gasteiger partial charge in [0.15, 0.2) is 0 Å². The zero-order valence-electron chi connectivity index (χ0n) is 11.0. The number of nitrogens with one attached hydrogen (secondary N) is 1. The van der Waals surface area contributed by atoms with Crippen molar-refractivity contribution < 1.29 is 4.74 Å². The molecule has 0 spiro atoms. The number of ether oxygens (including phenoxy) is 1. The Labute approximate surface area is 105 Å². The van der Waals surface area contributed by atoms with Gasteiger partial charge in [0.25, 0.3) is 0 Å². The maximum atomic E-state index is 5.67. The van der Waals surface area contributed by atoms with E-state index in [-0.39, 0.29) is 0 Å². The smallest absolute Gasteiger partial charge is 0.0726 e. The second kappa shape index (κ2) is 5.25. The number of nitrogens with zero attached hydrogens (tertiary/aromatic N) is 1. The quantitative estimate of drug-likeness (QED) is 0.809. The number of rotatable bonds is 3. The third kappa shape index (κ3) is 2.67. The molecule has 98 valence electrons. The summed E-state index contributed by atoms with van der Waals surface area (Å²) in [7, 11) is 1.89. The average Bonchev–Trinajstić information content (AvgIpc) is 3.11. The SMILES string of the molecule is COC1CCCC1N1CCCNC(C2CC2)C1. The Balaban J connectivity index is 1.63. The Morgan fingerprint density at radius 2 is 2.00 bits per heavy atom. The van der Waals surface area contributed by atoms with Gasteiger partial charge in [0.2, 0.25) is 0 Å². The highest BCUT2D eigenvalue weighted by Gasteiger charge is 2.38. The van der Waals surface area contributed by atoms with Gasteiger partial charge in [-0.05, 0) is 57.5 Å². The molecule has 0 aromatic rings. The Morgan fingerprint density at radius 1 is 1.12 bits per heavy atom. The van der Waals surface area contributed by atoms with Crippen LogP contribution in [0.2, 0.25) is 0 Å². The van der Waals surface area contributed by atoms with Crippen molar-refractivity contribution in [1.29, 1.82) is 0 Å². The van der Waals surface area contributed by atoms with E-state index in [1.807, 2.05) is 7.11 Å². The first-order valence-corrected chi connectivity index (χ1v) is 7.38. The lowest BCUT2D eigenvalue weighted by Crippen LogP contribution is -2.46. The molecule has 2 aliphatic carbocycles. The number of hydrogen-bond acceptors (Lipinski definition) is 3. The Bertz CT molecular complexity index is 255. The molecule has 3 aliphatic rings. The monoisotopic (exact) mass is 238 g/mol. The molecule has 0 aromatic carbocycles. The minimum atomic E-state index is 0.493. The molecule has 0 amide bonds. The van der Waals surface area contributed by atoms with Crippen molar-refractivity contribution in [2.45, 2.75) is 56.7 Å². The van der Waals surface area contributed by atoms with Crippen LogP contribution in [0, 0.1) is 5.92 Å². The molecule has 1 aliphatic heterocycles. The second-order valence-electron chi connectivity index (χ2n) is 6.02. The molecule has 1 heterocycles. The van der Waals surface area contributed by atoms with Crippen LogP contribution in [0.25, 0.3) is 0 Å². The summed E-state index contributed by atoms with van der Waals surface area (Å²) in [4.78, 5) is 2.73. The zero-order chi connectivity index (χ0) is 11.7. The topological polar surface area (TPSA) is 24.5 Å². The van der Waals surface area contributed by atoms with E-state index >= 15 is 0 Å². The van der Waals surface area contributed by atoms with E-state index in [1.165, 1.54) is 58.2 Å². The van der Waals surface area contributed by atoms with Crippen molar-refractivity contribution >= 4 is 0 Å². The van der Waals surface area contributed by atoms with Crippen molar-refractivity contribution in [2.75, 3.05) is 26.7 Å². The fraction of sp³-hybridized carbons (Fsp3) is 1.00. The van der Waals surface area contributed by atoms with E-state index in [0.717, 1.165) is 12.0 Å². The molecule has 0 radical (unpaired) electrons. The van der Waals surface area contributed by atoms with Gasteiger partial charge in [0.1, 0.15) is 0 Å². The second-order valence-corrected chi connectivity index (χ2v) is 6.02. The van der Waals surface area contributed by atoms with Crippen LogP contribution in [0.15, 0.2) is 0 Å². The molecule has 3 fully saturated rings. The molecule has 3 nitrogen and oxygen atoms in total. The van der Waals surface area contributed by atoms with Gasteiger partial charge in [0, 0.05) is 25.7 Å². The zero-order valence-corrected chi connectivity index (χ0v) is 11.0. The van der Waals surface area contributed by atoms with Gasteiger partial charge in [-0.3, -0.25) is 4.90 Å². The summed E-state index contributed by atoms with van der Waals surface area (Å²) in [5.74, 6) is 0.970. The molecule has 17 heavy (non-hydrogen) atoms. The lowest BCUT2D eigenvalue weighted by atomic mass is 10.1. The summed E-state index contributed by atoms with van der Waals surface area (Å²) in [6, 6.07) is 1.46. The molecule has 0 aromatic heterocycles. The van der Waals surface area contributed by atoms with E-state index < -0.39 is 0 Å². The summed E-state index contributed by atoms with van der Waals surface area (Å²) >= 11 is 0. The molecule has 3 unspecified atom stereocenters. The highest BCUT2D eigenvalue weighted by molar-refractivity contribution is 4.94. The van der Waals surface area contributed by atoms with E-state index in [9.17, 15) is 0 Å². The van der Waals surface area contributed by atoms with Crippen LogP contribution >= 0.6 is 0 Å². The Hall–Kier alpha value is -0.120. The minimum absolute atomic E-state index is 0.493. The van der Waals surface area contributed by atoms with Gasteiger partial charge in [0.05, 0.1) is 6.10 Å². The summed E-state index contributed by atoms with van der Waals surface area (Å²) in [6.07, 6.45) is 8.65. The van der Waals surface area contributed by atoms with Gasteiger partial charge in [-0.1, -0.05) is 0 Å². The van der Waals surface area contributed by atoms with Gasteiger partial charge in [-0.15, -0.1) is 0 Å². The lowest BCUT2D eigenvalue weighted by molar-refractivity contribution is 0.0314. The predicted octanol–water partition coefficient (Wildman–Crippen LogP) is 1.63. The van der Waals surface area contributed by atoms with Crippen LogP contribution in [0.1, 0.15) is 38.5 Å². The first-order valence-electron chi connectivity index (χ1n) is 7.38. The molecule has 2 saturated carbocycles. The van der Waals surface area contributed by atoms with E-state index in [4.69, 9.17) is 4.74 Å². The molecule has 1 N–H and O–H groups in total. The lowest BCUT2D eigenvalue weighted by Gasteiger charge is -2.33. The van der Waals surface area contributed by atoms with Crippen molar-refractivity contribution in [3.8, 4) is 0 Å². The van der Waals surface area contributed by atoms with E-state index in [0.29, 0.717) is 12.1 Å². The van der Waals surface area contributed by atoms with Crippen LogP contribution in [0.3, 0.4) is 0 Å². The molecular formula is C14H26N2O. The van der Waals surface area contributed by atoms with E-state index in [1.54, 1.807) is 0 Å². The Morgan fingerprint density at radius 3 is 2.76 bits per heavy atom. The highest BCUT2D eigenvalue weighted by Crippen LogP contribution is 2.35. The minimum Gasteiger partial charge on any atom is -0.380 e. The first-order chi connectivity index (χ1) is 8.38. The Kier molecular flexibility index (Phi) is 3.69.